The zero-order valence-electron chi connectivity index (χ0n) is 11.9. The number of benzene rings is 1. The molecule has 0 aliphatic carbocycles. The number of nitrogens with one attached hydrogen (secondary N) is 2. The van der Waals surface area contributed by atoms with Crippen LogP contribution >= 0.6 is 0 Å². The molecule has 1 amide bonds. The maximum atomic E-state index is 11.6. The van der Waals surface area contributed by atoms with Crippen molar-refractivity contribution >= 4 is 11.6 Å². The summed E-state index contributed by atoms with van der Waals surface area (Å²) in [5.41, 5.74) is 2.01. The monoisotopic (exact) mass is 264 g/mol. The van der Waals surface area contributed by atoms with Crippen molar-refractivity contribution in [1.82, 2.24) is 5.32 Å². The van der Waals surface area contributed by atoms with Gasteiger partial charge in [0.15, 0.2) is 0 Å². The molecule has 0 unspecified atom stereocenters. The molecule has 0 saturated carbocycles. The molecule has 0 spiro atoms. The van der Waals surface area contributed by atoms with Crippen LogP contribution in [0.1, 0.15) is 25.3 Å². The lowest BCUT2D eigenvalue weighted by molar-refractivity contribution is -0.115. The van der Waals surface area contributed by atoms with Crippen molar-refractivity contribution < 1.29 is 9.53 Å². The summed E-state index contributed by atoms with van der Waals surface area (Å²) in [6, 6.07) is 7.76. The Morgan fingerprint density at radius 3 is 2.63 bits per heavy atom. The minimum Gasteiger partial charge on any atom is -0.380 e. The number of anilines is 1. The van der Waals surface area contributed by atoms with Crippen LogP contribution < -0.4 is 10.6 Å². The highest BCUT2D eigenvalue weighted by molar-refractivity contribution is 5.92. The number of amides is 1. The molecular weight excluding hydrogens is 240 g/mol. The van der Waals surface area contributed by atoms with Crippen LogP contribution in [0.4, 0.5) is 5.69 Å². The second-order valence-corrected chi connectivity index (χ2v) is 4.56. The van der Waals surface area contributed by atoms with Crippen molar-refractivity contribution in [3.05, 3.63) is 29.8 Å². The number of hydrogen-bond acceptors (Lipinski definition) is 3. The van der Waals surface area contributed by atoms with Gasteiger partial charge in [0, 0.05) is 18.8 Å². The first kappa shape index (κ1) is 15.7. The smallest absolute Gasteiger partial charge is 0.238 e. The van der Waals surface area contributed by atoms with E-state index in [4.69, 9.17) is 4.74 Å². The Kier molecular flexibility index (Phi) is 7.86. The maximum Gasteiger partial charge on any atom is 0.238 e. The summed E-state index contributed by atoms with van der Waals surface area (Å²) in [5.74, 6) is -0.0302. The first-order valence-corrected chi connectivity index (χ1v) is 6.87. The number of hydrogen-bond donors (Lipinski definition) is 2. The standard InChI is InChI=1S/C15H24N2O2/c1-3-4-10-19-11-9-16-12-15(18)17-14-7-5-13(2)6-8-14/h5-8,16H,3-4,9-12H2,1-2H3,(H,17,18). The number of carbonyl (C=O) groups is 1. The summed E-state index contributed by atoms with van der Waals surface area (Å²) in [6.45, 7) is 6.62. The van der Waals surface area contributed by atoms with Gasteiger partial charge in [-0.3, -0.25) is 4.79 Å². The van der Waals surface area contributed by atoms with Crippen LogP contribution in [-0.4, -0.2) is 32.2 Å². The Balaban J connectivity index is 2.06. The number of rotatable bonds is 9. The van der Waals surface area contributed by atoms with Gasteiger partial charge >= 0.3 is 0 Å². The first-order valence-electron chi connectivity index (χ1n) is 6.87. The highest BCUT2D eigenvalue weighted by Gasteiger charge is 2.01. The molecule has 0 fully saturated rings. The van der Waals surface area contributed by atoms with Crippen molar-refractivity contribution in [2.45, 2.75) is 26.7 Å². The Morgan fingerprint density at radius 1 is 1.21 bits per heavy atom. The van der Waals surface area contributed by atoms with Crippen LogP contribution in [0.3, 0.4) is 0 Å². The SMILES string of the molecule is CCCCOCCNCC(=O)Nc1ccc(C)cc1. The fourth-order valence-corrected chi connectivity index (χ4v) is 1.54. The van der Waals surface area contributed by atoms with Crippen LogP contribution in [-0.2, 0) is 9.53 Å². The van der Waals surface area contributed by atoms with E-state index < -0.39 is 0 Å². The minimum absolute atomic E-state index is 0.0302. The van der Waals surface area contributed by atoms with Crippen molar-refractivity contribution in [3.8, 4) is 0 Å². The zero-order chi connectivity index (χ0) is 13.9. The van der Waals surface area contributed by atoms with Crippen molar-refractivity contribution in [3.63, 3.8) is 0 Å². The minimum atomic E-state index is -0.0302. The summed E-state index contributed by atoms with van der Waals surface area (Å²) >= 11 is 0. The largest absolute Gasteiger partial charge is 0.380 e. The van der Waals surface area contributed by atoms with Gasteiger partial charge in [-0.2, -0.15) is 0 Å². The van der Waals surface area contributed by atoms with Crippen molar-refractivity contribution in [2.75, 3.05) is 31.6 Å². The van der Waals surface area contributed by atoms with Crippen LogP contribution in [0.15, 0.2) is 24.3 Å². The second-order valence-electron chi connectivity index (χ2n) is 4.56. The molecule has 0 aliphatic heterocycles. The third kappa shape index (κ3) is 7.59. The van der Waals surface area contributed by atoms with E-state index in [0.29, 0.717) is 19.7 Å². The molecule has 4 nitrogen and oxygen atoms in total. The lowest BCUT2D eigenvalue weighted by Crippen LogP contribution is -2.30. The molecule has 1 aromatic rings. The van der Waals surface area contributed by atoms with Crippen LogP contribution in [0, 0.1) is 6.92 Å². The average Bonchev–Trinajstić information content (AvgIpc) is 2.40. The molecular formula is C15H24N2O2. The quantitative estimate of drug-likeness (QED) is 0.673. The molecule has 2 N–H and O–H groups in total. The molecule has 1 aromatic carbocycles. The molecule has 0 heterocycles. The molecule has 0 radical (unpaired) electrons. The predicted octanol–water partition coefficient (Wildman–Crippen LogP) is 2.34. The summed E-state index contributed by atoms with van der Waals surface area (Å²) in [6.07, 6.45) is 2.24. The van der Waals surface area contributed by atoms with E-state index in [1.165, 1.54) is 5.56 Å². The van der Waals surface area contributed by atoms with E-state index in [0.717, 1.165) is 25.1 Å². The van der Waals surface area contributed by atoms with Crippen molar-refractivity contribution in [2.24, 2.45) is 0 Å². The lowest BCUT2D eigenvalue weighted by Gasteiger charge is -2.07. The number of unbranched alkanes of at least 4 members (excludes halogenated alkanes) is 1. The van der Waals surface area contributed by atoms with Crippen LogP contribution in [0.2, 0.25) is 0 Å². The van der Waals surface area contributed by atoms with Gasteiger partial charge < -0.3 is 15.4 Å². The second kappa shape index (κ2) is 9.53. The van der Waals surface area contributed by atoms with E-state index in [1.807, 2.05) is 31.2 Å². The number of aryl methyl sites for hydroxylation is 1. The summed E-state index contributed by atoms with van der Waals surface area (Å²) < 4.78 is 5.39. The Labute approximate surface area is 115 Å². The molecule has 106 valence electrons. The van der Waals surface area contributed by atoms with E-state index >= 15 is 0 Å². The van der Waals surface area contributed by atoms with Gasteiger partial charge in [0.25, 0.3) is 0 Å². The highest BCUT2D eigenvalue weighted by atomic mass is 16.5. The van der Waals surface area contributed by atoms with E-state index in [-0.39, 0.29) is 5.91 Å². The maximum absolute atomic E-state index is 11.6. The third-order valence-corrected chi connectivity index (χ3v) is 2.69. The Morgan fingerprint density at radius 2 is 1.95 bits per heavy atom. The van der Waals surface area contributed by atoms with E-state index in [1.54, 1.807) is 0 Å². The molecule has 4 heteroatoms. The molecule has 1 rings (SSSR count). The van der Waals surface area contributed by atoms with E-state index in [2.05, 4.69) is 17.6 Å². The summed E-state index contributed by atoms with van der Waals surface area (Å²) in [7, 11) is 0. The highest BCUT2D eigenvalue weighted by Crippen LogP contribution is 2.07. The normalized spacial score (nSPS) is 10.4. The summed E-state index contributed by atoms with van der Waals surface area (Å²) in [4.78, 5) is 11.6. The lowest BCUT2D eigenvalue weighted by atomic mass is 10.2. The van der Waals surface area contributed by atoms with Gasteiger partial charge in [0.2, 0.25) is 5.91 Å². The number of carbonyl (C=O) groups excluding carboxylic acids is 1. The molecule has 19 heavy (non-hydrogen) atoms. The fourth-order valence-electron chi connectivity index (χ4n) is 1.54. The zero-order valence-corrected chi connectivity index (χ0v) is 11.9. The average molecular weight is 264 g/mol. The van der Waals surface area contributed by atoms with Crippen LogP contribution in [0.5, 0.6) is 0 Å². The van der Waals surface area contributed by atoms with Gasteiger partial charge in [-0.15, -0.1) is 0 Å². The molecule has 0 bridgehead atoms. The van der Waals surface area contributed by atoms with E-state index in [9.17, 15) is 4.79 Å². The first-order chi connectivity index (χ1) is 9.22. The molecule has 0 aliphatic rings. The van der Waals surface area contributed by atoms with Gasteiger partial charge in [0.1, 0.15) is 0 Å². The predicted molar refractivity (Wildman–Crippen MR) is 78.4 cm³/mol. The summed E-state index contributed by atoms with van der Waals surface area (Å²) in [5, 5.41) is 5.89. The molecule has 0 aromatic heterocycles. The third-order valence-electron chi connectivity index (χ3n) is 2.69. The van der Waals surface area contributed by atoms with Crippen molar-refractivity contribution in [1.29, 1.82) is 0 Å². The van der Waals surface area contributed by atoms with Crippen LogP contribution in [0.25, 0.3) is 0 Å². The van der Waals surface area contributed by atoms with Gasteiger partial charge in [-0.25, -0.2) is 0 Å². The van der Waals surface area contributed by atoms with Gasteiger partial charge in [-0.05, 0) is 25.5 Å². The van der Waals surface area contributed by atoms with Gasteiger partial charge in [0.05, 0.1) is 13.2 Å². The topological polar surface area (TPSA) is 50.4 Å². The van der Waals surface area contributed by atoms with Gasteiger partial charge in [-0.1, -0.05) is 31.0 Å². The molecule has 0 atom stereocenters. The Hall–Kier alpha value is -1.39. The Bertz CT molecular complexity index is 363. The molecule has 0 saturated heterocycles. The fraction of sp³-hybridized carbons (Fsp3) is 0.533. The number of ether oxygens (including phenoxy) is 1.